The molecule has 0 aromatic heterocycles. The van der Waals surface area contributed by atoms with Gasteiger partial charge in [0.05, 0.1) is 4.90 Å². The van der Waals surface area contributed by atoms with Gasteiger partial charge < -0.3 is 0 Å². The predicted molar refractivity (Wildman–Crippen MR) is 71.0 cm³/mol. The van der Waals surface area contributed by atoms with Crippen LogP contribution in [0.3, 0.4) is 0 Å². The number of hydrogen-bond donors (Lipinski definition) is 1. The molecule has 0 saturated heterocycles. The zero-order valence-corrected chi connectivity index (χ0v) is 11.3. The summed E-state index contributed by atoms with van der Waals surface area (Å²) in [5.41, 5.74) is 0.409. The Hall–Kier alpha value is -1.46. The van der Waals surface area contributed by atoms with Gasteiger partial charge in [-0.05, 0) is 12.1 Å². The molecule has 0 aliphatic rings. The van der Waals surface area contributed by atoms with Gasteiger partial charge in [-0.2, -0.15) is 0 Å². The molecule has 1 aromatic rings. The van der Waals surface area contributed by atoms with Crippen LogP contribution in [-0.2, 0) is 10.0 Å². The number of Topliss-reactive ketones (excluding diaryl/α,β-unsaturated/α-hetero) is 1. The van der Waals surface area contributed by atoms with Crippen molar-refractivity contribution in [2.75, 3.05) is 6.54 Å². The first kappa shape index (κ1) is 14.6. The Balaban J connectivity index is 3.09. The average molecular weight is 267 g/mol. The molecule has 0 radical (unpaired) electrons. The molecule has 0 atom stereocenters. The van der Waals surface area contributed by atoms with Gasteiger partial charge >= 0.3 is 0 Å². The van der Waals surface area contributed by atoms with Crippen molar-refractivity contribution in [3.63, 3.8) is 0 Å². The molecule has 5 heteroatoms. The Morgan fingerprint density at radius 2 is 2.11 bits per heavy atom. The van der Waals surface area contributed by atoms with E-state index in [0.717, 1.165) is 0 Å². The minimum absolute atomic E-state index is 0.0734. The van der Waals surface area contributed by atoms with Gasteiger partial charge in [0.25, 0.3) is 0 Å². The number of carbonyl (C=O) groups is 1. The van der Waals surface area contributed by atoms with Gasteiger partial charge in [0.2, 0.25) is 10.0 Å². The maximum atomic E-state index is 11.9. The molecule has 0 bridgehead atoms. The average Bonchev–Trinajstić information content (AvgIpc) is 2.35. The zero-order chi connectivity index (χ0) is 13.8. The summed E-state index contributed by atoms with van der Waals surface area (Å²) in [6, 6.07) is 6.04. The molecule has 0 fully saturated rings. The molecule has 0 spiro atoms. The first-order valence-corrected chi connectivity index (χ1v) is 7.11. The van der Waals surface area contributed by atoms with Gasteiger partial charge in [-0.1, -0.05) is 32.1 Å². The van der Waals surface area contributed by atoms with E-state index in [2.05, 4.69) is 11.3 Å². The molecule has 0 aliphatic carbocycles. The highest BCUT2D eigenvalue weighted by molar-refractivity contribution is 7.89. The number of nitrogens with one attached hydrogen (secondary N) is 1. The summed E-state index contributed by atoms with van der Waals surface area (Å²) in [5, 5.41) is 0. The quantitative estimate of drug-likeness (QED) is 0.633. The van der Waals surface area contributed by atoms with E-state index in [4.69, 9.17) is 0 Å². The van der Waals surface area contributed by atoms with Crippen molar-refractivity contribution < 1.29 is 13.2 Å². The second-order valence-corrected chi connectivity index (χ2v) is 5.95. The van der Waals surface area contributed by atoms with E-state index in [1.54, 1.807) is 26.0 Å². The highest BCUT2D eigenvalue weighted by Gasteiger charge is 2.16. The standard InChI is InChI=1S/C13H17NO3S/c1-4-8-14-18(16,17)12-7-5-6-11(9-12)13(15)10(2)3/h4-7,9-10,14H,1,8H2,2-3H3. The normalized spacial score (nSPS) is 11.5. The summed E-state index contributed by atoms with van der Waals surface area (Å²) in [7, 11) is -3.58. The van der Waals surface area contributed by atoms with Gasteiger partial charge in [-0.25, -0.2) is 13.1 Å². The number of rotatable bonds is 6. The predicted octanol–water partition coefficient (Wildman–Crippen LogP) is 1.99. The van der Waals surface area contributed by atoms with E-state index < -0.39 is 10.0 Å². The minimum Gasteiger partial charge on any atom is -0.294 e. The third-order valence-corrected chi connectivity index (χ3v) is 3.79. The first-order valence-electron chi connectivity index (χ1n) is 5.63. The Labute approximate surface area is 108 Å². The molecule has 0 aliphatic heterocycles. The van der Waals surface area contributed by atoms with Crippen LogP contribution >= 0.6 is 0 Å². The lowest BCUT2D eigenvalue weighted by molar-refractivity contribution is 0.0939. The fourth-order valence-electron chi connectivity index (χ4n) is 1.40. The van der Waals surface area contributed by atoms with Gasteiger partial charge in [-0.3, -0.25) is 4.79 Å². The Bertz CT molecular complexity index is 547. The SMILES string of the molecule is C=CCNS(=O)(=O)c1cccc(C(=O)C(C)C)c1. The monoisotopic (exact) mass is 267 g/mol. The molecule has 0 unspecified atom stereocenters. The maximum absolute atomic E-state index is 11.9. The van der Waals surface area contributed by atoms with Crippen LogP contribution in [0.15, 0.2) is 41.8 Å². The van der Waals surface area contributed by atoms with E-state index in [0.29, 0.717) is 5.56 Å². The van der Waals surface area contributed by atoms with E-state index in [-0.39, 0.29) is 23.1 Å². The molecule has 1 aromatic carbocycles. The van der Waals surface area contributed by atoms with E-state index in [1.165, 1.54) is 18.2 Å². The van der Waals surface area contributed by atoms with Crippen molar-refractivity contribution in [2.24, 2.45) is 5.92 Å². The summed E-state index contributed by atoms with van der Waals surface area (Å²) < 4.78 is 26.1. The van der Waals surface area contributed by atoms with E-state index >= 15 is 0 Å². The lowest BCUT2D eigenvalue weighted by atomic mass is 10.0. The van der Waals surface area contributed by atoms with Gasteiger partial charge in [0.1, 0.15) is 0 Å². The first-order chi connectivity index (χ1) is 8.38. The van der Waals surface area contributed by atoms with Crippen LogP contribution in [0.25, 0.3) is 0 Å². The Morgan fingerprint density at radius 1 is 1.44 bits per heavy atom. The van der Waals surface area contributed by atoms with Crippen molar-refractivity contribution in [1.82, 2.24) is 4.72 Å². The van der Waals surface area contributed by atoms with Gasteiger partial charge in [-0.15, -0.1) is 6.58 Å². The summed E-state index contributed by atoms with van der Waals surface area (Å²) in [5.74, 6) is -0.236. The molecule has 0 heterocycles. The molecular weight excluding hydrogens is 250 g/mol. The van der Waals surface area contributed by atoms with Crippen molar-refractivity contribution in [2.45, 2.75) is 18.7 Å². The fourth-order valence-corrected chi connectivity index (χ4v) is 2.45. The number of carbonyl (C=O) groups excluding carboxylic acids is 1. The van der Waals surface area contributed by atoms with Crippen LogP contribution in [0.2, 0.25) is 0 Å². The van der Waals surface area contributed by atoms with Crippen molar-refractivity contribution >= 4 is 15.8 Å². The molecule has 98 valence electrons. The lowest BCUT2D eigenvalue weighted by Crippen LogP contribution is -2.24. The topological polar surface area (TPSA) is 63.2 Å². The third kappa shape index (κ3) is 3.51. The summed E-state index contributed by atoms with van der Waals surface area (Å²) in [4.78, 5) is 11.9. The molecule has 0 amide bonds. The fraction of sp³-hybridized carbons (Fsp3) is 0.308. The minimum atomic E-state index is -3.58. The van der Waals surface area contributed by atoms with Crippen LogP contribution in [-0.4, -0.2) is 20.7 Å². The molecule has 18 heavy (non-hydrogen) atoms. The summed E-state index contributed by atoms with van der Waals surface area (Å²) >= 11 is 0. The number of sulfonamides is 1. The lowest BCUT2D eigenvalue weighted by Gasteiger charge is -2.08. The van der Waals surface area contributed by atoms with E-state index in [1.807, 2.05) is 0 Å². The smallest absolute Gasteiger partial charge is 0.240 e. The van der Waals surface area contributed by atoms with Crippen molar-refractivity contribution in [1.29, 1.82) is 0 Å². The van der Waals surface area contributed by atoms with E-state index in [9.17, 15) is 13.2 Å². The van der Waals surface area contributed by atoms with Crippen molar-refractivity contribution in [3.8, 4) is 0 Å². The molecule has 0 saturated carbocycles. The van der Waals surface area contributed by atoms with Crippen LogP contribution in [0.1, 0.15) is 24.2 Å². The molecule has 1 N–H and O–H groups in total. The Morgan fingerprint density at radius 3 is 2.67 bits per heavy atom. The molecular formula is C13H17NO3S. The van der Waals surface area contributed by atoms with Crippen LogP contribution in [0.5, 0.6) is 0 Å². The van der Waals surface area contributed by atoms with Crippen LogP contribution in [0, 0.1) is 5.92 Å². The highest BCUT2D eigenvalue weighted by atomic mass is 32.2. The Kier molecular flexibility index (Phi) is 4.81. The summed E-state index contributed by atoms with van der Waals surface area (Å²) in [6.45, 7) is 7.16. The number of hydrogen-bond acceptors (Lipinski definition) is 3. The second-order valence-electron chi connectivity index (χ2n) is 4.19. The second kappa shape index (κ2) is 5.93. The molecule has 4 nitrogen and oxygen atoms in total. The molecule has 1 rings (SSSR count). The largest absolute Gasteiger partial charge is 0.294 e. The third-order valence-electron chi connectivity index (χ3n) is 2.37. The van der Waals surface area contributed by atoms with Crippen molar-refractivity contribution in [3.05, 3.63) is 42.5 Å². The van der Waals surface area contributed by atoms with Gasteiger partial charge in [0, 0.05) is 18.0 Å². The highest BCUT2D eigenvalue weighted by Crippen LogP contribution is 2.14. The van der Waals surface area contributed by atoms with Crippen LogP contribution < -0.4 is 4.72 Å². The number of benzene rings is 1. The number of ketones is 1. The summed E-state index contributed by atoms with van der Waals surface area (Å²) in [6.07, 6.45) is 1.46. The zero-order valence-electron chi connectivity index (χ0n) is 10.5. The maximum Gasteiger partial charge on any atom is 0.240 e. The van der Waals surface area contributed by atoms with Gasteiger partial charge in [0.15, 0.2) is 5.78 Å². The van der Waals surface area contributed by atoms with Crippen LogP contribution in [0.4, 0.5) is 0 Å².